The van der Waals surface area contributed by atoms with Crippen LogP contribution in [0.2, 0.25) is 10.0 Å². The van der Waals surface area contributed by atoms with E-state index in [1.165, 1.54) is 0 Å². The zero-order chi connectivity index (χ0) is 21.0. The lowest BCUT2D eigenvalue weighted by atomic mass is 9.96. The number of fused-ring (bicyclic) bond motifs is 3. The molecule has 2 aliphatic rings. The Kier molecular flexibility index (Phi) is 5.65. The van der Waals surface area contributed by atoms with Crippen LogP contribution in [0.4, 0.5) is 0 Å². The molecule has 0 saturated carbocycles. The Balaban J connectivity index is 1.64. The molecular formula is C22H13Br3Cl2N2O. The molecule has 2 aliphatic heterocycles. The molecule has 8 heteroatoms. The van der Waals surface area contributed by atoms with Gasteiger partial charge in [0.15, 0.2) is 0 Å². The first-order valence-electron chi connectivity index (χ1n) is 9.13. The third kappa shape index (κ3) is 3.71. The maximum Gasteiger partial charge on any atom is 0.215 e. The third-order valence-electron chi connectivity index (χ3n) is 5.21. The van der Waals surface area contributed by atoms with Crippen molar-refractivity contribution in [2.75, 3.05) is 0 Å². The topological polar surface area (TPSA) is 24.8 Å². The lowest BCUT2D eigenvalue weighted by Crippen LogP contribution is -2.34. The lowest BCUT2D eigenvalue weighted by Gasteiger charge is -2.39. The van der Waals surface area contributed by atoms with Crippen LogP contribution >= 0.6 is 71.0 Å². The molecule has 0 aromatic heterocycles. The molecule has 0 radical (unpaired) electrons. The fourth-order valence-electron chi connectivity index (χ4n) is 3.84. The Morgan fingerprint density at radius 3 is 2.40 bits per heavy atom. The van der Waals surface area contributed by atoms with E-state index in [9.17, 15) is 0 Å². The lowest BCUT2D eigenvalue weighted by molar-refractivity contribution is -0.0196. The minimum atomic E-state index is -0.460. The second kappa shape index (κ2) is 8.14. The maximum absolute atomic E-state index is 6.55. The molecule has 0 N–H and O–H groups in total. The highest BCUT2D eigenvalue weighted by Crippen LogP contribution is 2.51. The molecule has 2 atom stereocenters. The number of hydrazone groups is 1. The summed E-state index contributed by atoms with van der Waals surface area (Å²) in [5.74, 6) is 0.808. The second-order valence-corrected chi connectivity index (χ2v) is 10.6. The Hall–Kier alpha value is -1.05. The first-order chi connectivity index (χ1) is 14.4. The number of ether oxygens (including phenoxy) is 1. The minimum absolute atomic E-state index is 0.0259. The van der Waals surface area contributed by atoms with Crippen molar-refractivity contribution in [3.8, 4) is 5.75 Å². The first kappa shape index (κ1) is 20.8. The number of halogens is 5. The zero-order valence-corrected chi connectivity index (χ0v) is 21.5. The van der Waals surface area contributed by atoms with Crippen LogP contribution in [0.3, 0.4) is 0 Å². The molecule has 3 aromatic carbocycles. The molecule has 152 valence electrons. The van der Waals surface area contributed by atoms with Crippen molar-refractivity contribution in [2.45, 2.75) is 18.7 Å². The summed E-state index contributed by atoms with van der Waals surface area (Å²) in [7, 11) is 0. The molecular weight excluding hydrogens is 619 g/mol. The van der Waals surface area contributed by atoms with Crippen LogP contribution in [0.1, 0.15) is 35.4 Å². The van der Waals surface area contributed by atoms with Gasteiger partial charge in [-0.25, -0.2) is 5.01 Å². The van der Waals surface area contributed by atoms with Gasteiger partial charge in [0.25, 0.3) is 0 Å². The van der Waals surface area contributed by atoms with E-state index in [0.717, 1.165) is 48.0 Å². The van der Waals surface area contributed by atoms with E-state index in [2.05, 4.69) is 66.0 Å². The van der Waals surface area contributed by atoms with Gasteiger partial charge in [0, 0.05) is 31.5 Å². The monoisotopic (exact) mass is 628 g/mol. The van der Waals surface area contributed by atoms with E-state index in [1.807, 2.05) is 35.3 Å². The van der Waals surface area contributed by atoms with Crippen LogP contribution in [-0.4, -0.2) is 10.7 Å². The highest BCUT2D eigenvalue weighted by atomic mass is 79.9. The minimum Gasteiger partial charge on any atom is -0.463 e. The van der Waals surface area contributed by atoms with Gasteiger partial charge in [-0.2, -0.15) is 5.10 Å². The molecule has 3 aromatic rings. The number of rotatable bonds is 2. The summed E-state index contributed by atoms with van der Waals surface area (Å²) in [6.45, 7) is 0. The summed E-state index contributed by atoms with van der Waals surface area (Å²) in [5, 5.41) is 8.12. The smallest absolute Gasteiger partial charge is 0.215 e. The average molecular weight is 632 g/mol. The average Bonchev–Trinajstić information content (AvgIpc) is 3.14. The summed E-state index contributed by atoms with van der Waals surface area (Å²) in [6.07, 6.45) is 0.306. The Morgan fingerprint density at radius 2 is 1.67 bits per heavy atom. The van der Waals surface area contributed by atoms with Gasteiger partial charge in [-0.1, -0.05) is 73.3 Å². The fraction of sp³-hybridized carbons (Fsp3) is 0.136. The molecule has 0 unspecified atom stereocenters. The van der Waals surface area contributed by atoms with E-state index in [4.69, 9.17) is 33.0 Å². The van der Waals surface area contributed by atoms with Crippen molar-refractivity contribution in [2.24, 2.45) is 5.10 Å². The van der Waals surface area contributed by atoms with E-state index >= 15 is 0 Å². The van der Waals surface area contributed by atoms with Crippen molar-refractivity contribution in [1.82, 2.24) is 5.01 Å². The maximum atomic E-state index is 6.55. The van der Waals surface area contributed by atoms with Gasteiger partial charge in [0.1, 0.15) is 5.75 Å². The first-order valence-corrected chi connectivity index (χ1v) is 12.3. The zero-order valence-electron chi connectivity index (χ0n) is 15.3. The van der Waals surface area contributed by atoms with Crippen LogP contribution in [0.5, 0.6) is 5.75 Å². The van der Waals surface area contributed by atoms with E-state index in [-0.39, 0.29) is 6.04 Å². The van der Waals surface area contributed by atoms with Gasteiger partial charge in [-0.05, 0) is 57.9 Å². The quantitative estimate of drug-likeness (QED) is 0.283. The van der Waals surface area contributed by atoms with Crippen molar-refractivity contribution in [3.05, 3.63) is 94.8 Å². The highest BCUT2D eigenvalue weighted by molar-refractivity contribution is 9.11. The molecule has 3 nitrogen and oxygen atoms in total. The molecule has 0 amide bonds. The number of hydrogen-bond acceptors (Lipinski definition) is 3. The van der Waals surface area contributed by atoms with E-state index < -0.39 is 6.23 Å². The van der Waals surface area contributed by atoms with Gasteiger partial charge in [0.05, 0.1) is 21.2 Å². The summed E-state index contributed by atoms with van der Waals surface area (Å²) in [4.78, 5) is 0. The fourth-order valence-corrected chi connectivity index (χ4v) is 5.96. The second-order valence-electron chi connectivity index (χ2n) is 7.10. The third-order valence-corrected chi connectivity index (χ3v) is 7.35. The SMILES string of the molecule is Clc1ccc([C@H]2Oc3c(Br)cc(Br)cc3[C@@H]3CC(c4ccc(Br)cc4)=NN23)c(Cl)c1. The van der Waals surface area contributed by atoms with E-state index in [1.54, 1.807) is 6.07 Å². The van der Waals surface area contributed by atoms with Gasteiger partial charge < -0.3 is 4.74 Å². The number of nitrogens with zero attached hydrogens (tertiary/aromatic N) is 2. The molecule has 0 spiro atoms. The Bertz CT molecular complexity index is 1180. The van der Waals surface area contributed by atoms with E-state index in [0.29, 0.717) is 10.0 Å². The van der Waals surface area contributed by atoms with Crippen molar-refractivity contribution in [1.29, 1.82) is 0 Å². The number of hydrogen-bond donors (Lipinski definition) is 0. The molecule has 0 fully saturated rings. The summed E-state index contributed by atoms with van der Waals surface area (Å²) in [6, 6.07) is 17.8. The Morgan fingerprint density at radius 1 is 0.900 bits per heavy atom. The predicted molar refractivity (Wildman–Crippen MR) is 132 cm³/mol. The van der Waals surface area contributed by atoms with Crippen LogP contribution < -0.4 is 4.74 Å². The van der Waals surface area contributed by atoms with Crippen LogP contribution in [0.25, 0.3) is 0 Å². The summed E-state index contributed by atoms with van der Waals surface area (Å²) in [5.41, 5.74) is 4.00. The van der Waals surface area contributed by atoms with Crippen LogP contribution in [-0.2, 0) is 0 Å². The molecule has 2 heterocycles. The van der Waals surface area contributed by atoms with Crippen molar-refractivity contribution in [3.63, 3.8) is 0 Å². The highest BCUT2D eigenvalue weighted by Gasteiger charge is 2.42. The molecule has 30 heavy (non-hydrogen) atoms. The predicted octanol–water partition coefficient (Wildman–Crippen LogP) is 8.52. The summed E-state index contributed by atoms with van der Waals surface area (Å²) >= 11 is 23.4. The molecule has 0 saturated heterocycles. The van der Waals surface area contributed by atoms with Crippen LogP contribution in [0.15, 0.2) is 73.1 Å². The number of benzene rings is 3. The normalized spacial score (nSPS) is 19.8. The van der Waals surface area contributed by atoms with Crippen molar-refractivity contribution >= 4 is 76.7 Å². The van der Waals surface area contributed by atoms with Crippen molar-refractivity contribution < 1.29 is 4.74 Å². The van der Waals surface area contributed by atoms with Crippen LogP contribution in [0, 0.1) is 0 Å². The van der Waals surface area contributed by atoms with Gasteiger partial charge in [0.2, 0.25) is 6.23 Å². The molecule has 5 rings (SSSR count). The van der Waals surface area contributed by atoms with Gasteiger partial charge >= 0.3 is 0 Å². The summed E-state index contributed by atoms with van der Waals surface area (Å²) < 4.78 is 9.37. The largest absolute Gasteiger partial charge is 0.463 e. The van der Waals surface area contributed by atoms with Gasteiger partial charge in [-0.3, -0.25) is 0 Å². The molecule has 0 bridgehead atoms. The van der Waals surface area contributed by atoms with Gasteiger partial charge in [-0.15, -0.1) is 0 Å². The standard InChI is InChI=1S/C22H13Br3Cl2N2O/c23-12-3-1-11(2-4-12)19-10-20-16-7-13(24)8-17(25)21(16)30-22(29(20)28-19)15-6-5-14(26)9-18(15)27/h1-9,20,22H,10H2/t20-,22+/m0/s1. The molecule has 0 aliphatic carbocycles. The Labute approximate surface area is 209 Å².